The number of hydrogen-bond donors (Lipinski definition) is 0. The van der Waals surface area contributed by atoms with Crippen LogP contribution in [0.3, 0.4) is 0 Å². The Kier molecular flexibility index (Phi) is 5.65. The average Bonchev–Trinajstić information content (AvgIpc) is 2.32. The molecule has 2 unspecified atom stereocenters. The fraction of sp³-hybridized carbons (Fsp3) is 0.429. The number of benzene rings is 1. The van der Waals surface area contributed by atoms with Gasteiger partial charge in [0.1, 0.15) is 5.92 Å². The lowest BCUT2D eigenvalue weighted by molar-refractivity contribution is -0.120. The highest BCUT2D eigenvalue weighted by Gasteiger charge is 2.23. The molecule has 1 aromatic carbocycles. The zero-order chi connectivity index (χ0) is 13.7. The van der Waals surface area contributed by atoms with Crippen LogP contribution in [0.25, 0.3) is 0 Å². The molecule has 0 saturated carbocycles. The summed E-state index contributed by atoms with van der Waals surface area (Å²) in [6.45, 7) is 4.02. The fourth-order valence-corrected chi connectivity index (χ4v) is 2.17. The minimum Gasteiger partial charge on any atom is -0.298 e. The van der Waals surface area contributed by atoms with Gasteiger partial charge in [-0.1, -0.05) is 49.5 Å². The third-order valence-corrected chi connectivity index (χ3v) is 3.53. The molecule has 0 aromatic heterocycles. The maximum Gasteiger partial charge on any atom is 0.154 e. The maximum absolute atomic E-state index is 12.1. The fourth-order valence-electron chi connectivity index (χ4n) is 1.66. The molecule has 0 aliphatic heterocycles. The highest BCUT2D eigenvalue weighted by molar-refractivity contribution is 6.35. The number of rotatable bonds is 5. The Balaban J connectivity index is 2.96. The van der Waals surface area contributed by atoms with Gasteiger partial charge < -0.3 is 0 Å². The van der Waals surface area contributed by atoms with E-state index < -0.39 is 5.92 Å². The first-order chi connectivity index (χ1) is 8.49. The quantitative estimate of drug-likeness (QED) is 0.792. The summed E-state index contributed by atoms with van der Waals surface area (Å²) in [7, 11) is 0. The second-order valence-corrected chi connectivity index (χ2v) is 5.26. The van der Waals surface area contributed by atoms with Crippen LogP contribution in [0.2, 0.25) is 10.0 Å². The molecule has 0 radical (unpaired) electrons. The summed E-state index contributed by atoms with van der Waals surface area (Å²) in [5.41, 5.74) is 0.539. The van der Waals surface area contributed by atoms with E-state index in [-0.39, 0.29) is 11.7 Å². The topological polar surface area (TPSA) is 40.9 Å². The molecule has 0 N–H and O–H groups in total. The minimum atomic E-state index is -0.802. The van der Waals surface area contributed by atoms with Crippen molar-refractivity contribution < 1.29 is 4.79 Å². The Bertz CT molecular complexity index is 479. The molecule has 0 spiro atoms. The van der Waals surface area contributed by atoms with Crippen LogP contribution < -0.4 is 0 Å². The van der Waals surface area contributed by atoms with Gasteiger partial charge in [-0.25, -0.2) is 0 Å². The van der Waals surface area contributed by atoms with Crippen molar-refractivity contribution >= 4 is 29.0 Å². The van der Waals surface area contributed by atoms with Crippen LogP contribution in [0.15, 0.2) is 18.2 Å². The Morgan fingerprint density at radius 2 is 2.11 bits per heavy atom. The summed E-state index contributed by atoms with van der Waals surface area (Å²) in [6, 6.07) is 6.87. The van der Waals surface area contributed by atoms with Gasteiger partial charge in [0.25, 0.3) is 0 Å². The zero-order valence-corrected chi connectivity index (χ0v) is 11.9. The van der Waals surface area contributed by atoms with Crippen molar-refractivity contribution in [2.45, 2.75) is 32.6 Å². The Morgan fingerprint density at radius 1 is 1.44 bits per heavy atom. The molecular weight excluding hydrogens is 269 g/mol. The standard InChI is InChI=1S/C14H15Cl2NO/c1-3-9(2)6-14(18)12(8-17)11-5-4-10(15)7-13(11)16/h4-5,7,9,12H,3,6H2,1-2H3. The van der Waals surface area contributed by atoms with Gasteiger partial charge in [-0.15, -0.1) is 0 Å². The first-order valence-electron chi connectivity index (χ1n) is 5.86. The highest BCUT2D eigenvalue weighted by Crippen LogP contribution is 2.29. The number of carbonyl (C=O) groups excluding carboxylic acids is 1. The first-order valence-corrected chi connectivity index (χ1v) is 6.62. The molecule has 0 saturated heterocycles. The van der Waals surface area contributed by atoms with Gasteiger partial charge in [-0.2, -0.15) is 5.26 Å². The van der Waals surface area contributed by atoms with E-state index in [9.17, 15) is 4.79 Å². The Morgan fingerprint density at radius 3 is 2.61 bits per heavy atom. The zero-order valence-electron chi connectivity index (χ0n) is 10.4. The lowest BCUT2D eigenvalue weighted by Crippen LogP contribution is -2.14. The van der Waals surface area contributed by atoms with Crippen LogP contribution in [-0.2, 0) is 4.79 Å². The molecular formula is C14H15Cl2NO. The van der Waals surface area contributed by atoms with Crippen molar-refractivity contribution in [2.24, 2.45) is 5.92 Å². The third-order valence-electron chi connectivity index (χ3n) is 2.97. The number of nitrogens with zero attached hydrogens (tertiary/aromatic N) is 1. The Hall–Kier alpha value is -1.04. The number of hydrogen-bond acceptors (Lipinski definition) is 2. The molecule has 2 atom stereocenters. The van der Waals surface area contributed by atoms with Crippen LogP contribution >= 0.6 is 23.2 Å². The van der Waals surface area contributed by atoms with Crippen molar-refractivity contribution in [3.63, 3.8) is 0 Å². The number of nitriles is 1. The van der Waals surface area contributed by atoms with Gasteiger partial charge in [-0.05, 0) is 23.6 Å². The lowest BCUT2D eigenvalue weighted by Gasteiger charge is -2.13. The first kappa shape index (κ1) is 15.0. The van der Waals surface area contributed by atoms with Crippen molar-refractivity contribution in [1.82, 2.24) is 0 Å². The molecule has 0 heterocycles. The summed E-state index contributed by atoms with van der Waals surface area (Å²) in [5, 5.41) is 10.0. The number of carbonyl (C=O) groups is 1. The van der Waals surface area contributed by atoms with Crippen LogP contribution in [0, 0.1) is 17.2 Å². The SMILES string of the molecule is CCC(C)CC(=O)C(C#N)c1ccc(Cl)cc1Cl. The second kappa shape index (κ2) is 6.78. The van der Waals surface area contributed by atoms with E-state index in [1.165, 1.54) is 0 Å². The smallest absolute Gasteiger partial charge is 0.154 e. The number of Topliss-reactive ketones (excluding diaryl/α,β-unsaturated/α-hetero) is 1. The Labute approximate surface area is 118 Å². The molecule has 18 heavy (non-hydrogen) atoms. The normalized spacial score (nSPS) is 13.7. The molecule has 0 bridgehead atoms. The molecule has 96 valence electrons. The molecule has 1 aromatic rings. The summed E-state index contributed by atoms with van der Waals surface area (Å²) >= 11 is 11.8. The monoisotopic (exact) mass is 283 g/mol. The number of ketones is 1. The van der Waals surface area contributed by atoms with Crippen LogP contribution in [0.1, 0.15) is 38.2 Å². The molecule has 4 heteroatoms. The summed E-state index contributed by atoms with van der Waals surface area (Å²) < 4.78 is 0. The van der Waals surface area contributed by atoms with E-state index in [4.69, 9.17) is 28.5 Å². The number of halogens is 2. The lowest BCUT2D eigenvalue weighted by atomic mass is 9.90. The molecule has 0 aliphatic carbocycles. The van der Waals surface area contributed by atoms with E-state index in [1.807, 2.05) is 19.9 Å². The van der Waals surface area contributed by atoms with E-state index in [2.05, 4.69) is 0 Å². The van der Waals surface area contributed by atoms with Gasteiger partial charge in [0, 0.05) is 16.5 Å². The van der Waals surface area contributed by atoms with Crippen molar-refractivity contribution in [3.8, 4) is 6.07 Å². The van der Waals surface area contributed by atoms with E-state index in [0.717, 1.165) is 6.42 Å². The van der Waals surface area contributed by atoms with E-state index in [1.54, 1.807) is 18.2 Å². The largest absolute Gasteiger partial charge is 0.298 e. The van der Waals surface area contributed by atoms with Gasteiger partial charge >= 0.3 is 0 Å². The minimum absolute atomic E-state index is 0.0870. The van der Waals surface area contributed by atoms with Crippen LogP contribution in [0.4, 0.5) is 0 Å². The predicted octanol–water partition coefficient (Wildman–Crippen LogP) is 4.61. The van der Waals surface area contributed by atoms with E-state index in [0.29, 0.717) is 22.0 Å². The maximum atomic E-state index is 12.1. The molecule has 2 nitrogen and oxygen atoms in total. The molecule has 0 aliphatic rings. The second-order valence-electron chi connectivity index (χ2n) is 4.41. The average molecular weight is 284 g/mol. The summed E-state index contributed by atoms with van der Waals surface area (Å²) in [5.74, 6) is -0.612. The predicted molar refractivity (Wildman–Crippen MR) is 73.9 cm³/mol. The van der Waals surface area contributed by atoms with Gasteiger partial charge in [0.05, 0.1) is 6.07 Å². The van der Waals surface area contributed by atoms with Gasteiger partial charge in [0.2, 0.25) is 0 Å². The van der Waals surface area contributed by atoms with Crippen molar-refractivity contribution in [2.75, 3.05) is 0 Å². The van der Waals surface area contributed by atoms with Crippen LogP contribution in [0.5, 0.6) is 0 Å². The third kappa shape index (κ3) is 3.73. The summed E-state index contributed by atoms with van der Waals surface area (Å²) in [6.07, 6.45) is 1.31. The summed E-state index contributed by atoms with van der Waals surface area (Å²) in [4.78, 5) is 12.1. The van der Waals surface area contributed by atoms with Crippen molar-refractivity contribution in [1.29, 1.82) is 5.26 Å². The molecule has 1 rings (SSSR count). The highest BCUT2D eigenvalue weighted by atomic mass is 35.5. The van der Waals surface area contributed by atoms with Gasteiger partial charge in [-0.3, -0.25) is 4.79 Å². The molecule has 0 fully saturated rings. The van der Waals surface area contributed by atoms with Gasteiger partial charge in [0.15, 0.2) is 5.78 Å². The molecule has 0 amide bonds. The van der Waals surface area contributed by atoms with Crippen molar-refractivity contribution in [3.05, 3.63) is 33.8 Å². The van der Waals surface area contributed by atoms with Crippen LogP contribution in [-0.4, -0.2) is 5.78 Å². The van der Waals surface area contributed by atoms with E-state index >= 15 is 0 Å².